The molecule has 3 nitrogen and oxygen atoms in total. The SMILES string of the molecule is NC/C(=C/c1ccccc1F)C(=O)O. The fourth-order valence-corrected chi connectivity index (χ4v) is 0.988. The molecule has 0 atom stereocenters. The van der Waals surface area contributed by atoms with Gasteiger partial charge in [-0.15, -0.1) is 0 Å². The first kappa shape index (κ1) is 10.4. The van der Waals surface area contributed by atoms with Crippen LogP contribution in [0.2, 0.25) is 0 Å². The molecule has 74 valence electrons. The van der Waals surface area contributed by atoms with E-state index in [1.807, 2.05) is 0 Å². The molecule has 0 aliphatic rings. The highest BCUT2D eigenvalue weighted by atomic mass is 19.1. The van der Waals surface area contributed by atoms with Gasteiger partial charge in [0.15, 0.2) is 0 Å². The van der Waals surface area contributed by atoms with Crippen LogP contribution in [0.25, 0.3) is 6.08 Å². The monoisotopic (exact) mass is 195 g/mol. The van der Waals surface area contributed by atoms with Crippen LogP contribution in [0.4, 0.5) is 4.39 Å². The summed E-state index contributed by atoms with van der Waals surface area (Å²) in [4.78, 5) is 10.6. The van der Waals surface area contributed by atoms with Crippen molar-refractivity contribution in [2.24, 2.45) is 5.73 Å². The van der Waals surface area contributed by atoms with Gasteiger partial charge in [0.25, 0.3) is 0 Å². The lowest BCUT2D eigenvalue weighted by atomic mass is 10.1. The molecular weight excluding hydrogens is 185 g/mol. The van der Waals surface area contributed by atoms with Gasteiger partial charge in [-0.05, 0) is 12.1 Å². The summed E-state index contributed by atoms with van der Waals surface area (Å²) in [5.41, 5.74) is 5.41. The smallest absolute Gasteiger partial charge is 0.332 e. The molecule has 0 fully saturated rings. The molecule has 3 N–H and O–H groups in total. The van der Waals surface area contributed by atoms with E-state index in [1.165, 1.54) is 24.3 Å². The summed E-state index contributed by atoms with van der Waals surface area (Å²) in [6, 6.07) is 5.93. The van der Waals surface area contributed by atoms with Crippen molar-refractivity contribution in [3.05, 3.63) is 41.2 Å². The summed E-state index contributed by atoms with van der Waals surface area (Å²) >= 11 is 0. The van der Waals surface area contributed by atoms with Crippen LogP contribution in [0, 0.1) is 5.82 Å². The number of halogens is 1. The van der Waals surface area contributed by atoms with E-state index in [9.17, 15) is 9.18 Å². The maximum Gasteiger partial charge on any atom is 0.332 e. The Balaban J connectivity index is 3.07. The molecule has 0 saturated heterocycles. The fourth-order valence-electron chi connectivity index (χ4n) is 0.988. The molecule has 0 bridgehead atoms. The normalized spacial score (nSPS) is 11.4. The summed E-state index contributed by atoms with van der Waals surface area (Å²) in [6.07, 6.45) is 1.23. The minimum atomic E-state index is -1.13. The molecule has 0 unspecified atom stereocenters. The van der Waals surface area contributed by atoms with Gasteiger partial charge in [0.1, 0.15) is 5.82 Å². The van der Waals surface area contributed by atoms with Gasteiger partial charge in [-0.1, -0.05) is 18.2 Å². The third-order valence-electron chi connectivity index (χ3n) is 1.73. The predicted octanol–water partition coefficient (Wildman–Crippen LogP) is 1.25. The van der Waals surface area contributed by atoms with Gasteiger partial charge >= 0.3 is 5.97 Å². The third kappa shape index (κ3) is 2.40. The van der Waals surface area contributed by atoms with E-state index in [-0.39, 0.29) is 17.7 Å². The van der Waals surface area contributed by atoms with Gasteiger partial charge in [-0.25, -0.2) is 9.18 Å². The van der Waals surface area contributed by atoms with Crippen molar-refractivity contribution in [3.8, 4) is 0 Å². The molecular formula is C10H10FNO2. The Morgan fingerprint density at radius 1 is 1.50 bits per heavy atom. The zero-order valence-electron chi connectivity index (χ0n) is 7.40. The van der Waals surface area contributed by atoms with Crippen molar-refractivity contribution in [2.45, 2.75) is 0 Å². The van der Waals surface area contributed by atoms with E-state index in [4.69, 9.17) is 10.8 Å². The second-order valence-electron chi connectivity index (χ2n) is 2.70. The molecule has 0 heterocycles. The molecule has 1 rings (SSSR count). The Morgan fingerprint density at radius 2 is 2.14 bits per heavy atom. The first-order valence-corrected chi connectivity index (χ1v) is 4.03. The maximum absolute atomic E-state index is 13.1. The molecule has 0 aromatic heterocycles. The quantitative estimate of drug-likeness (QED) is 0.713. The molecule has 0 radical (unpaired) electrons. The van der Waals surface area contributed by atoms with Crippen molar-refractivity contribution in [3.63, 3.8) is 0 Å². The summed E-state index contributed by atoms with van der Waals surface area (Å²) in [6.45, 7) is -0.121. The lowest BCUT2D eigenvalue weighted by Crippen LogP contribution is -2.11. The number of hydrogen-bond donors (Lipinski definition) is 2. The molecule has 0 amide bonds. The molecule has 4 heteroatoms. The minimum absolute atomic E-state index is 0.0184. The van der Waals surface area contributed by atoms with Gasteiger partial charge in [0.2, 0.25) is 0 Å². The van der Waals surface area contributed by atoms with Crippen molar-refractivity contribution in [1.29, 1.82) is 0 Å². The maximum atomic E-state index is 13.1. The number of rotatable bonds is 3. The Kier molecular flexibility index (Phi) is 3.36. The first-order valence-electron chi connectivity index (χ1n) is 4.03. The van der Waals surface area contributed by atoms with Crippen LogP contribution in [0.3, 0.4) is 0 Å². The van der Waals surface area contributed by atoms with E-state index in [2.05, 4.69) is 0 Å². The Labute approximate surface area is 80.7 Å². The number of carbonyl (C=O) groups is 1. The Bertz CT molecular complexity index is 374. The fraction of sp³-hybridized carbons (Fsp3) is 0.100. The summed E-state index contributed by atoms with van der Waals surface area (Å²) < 4.78 is 13.1. The summed E-state index contributed by atoms with van der Waals surface area (Å²) in [5.74, 6) is -1.59. The van der Waals surface area contributed by atoms with Crippen molar-refractivity contribution in [1.82, 2.24) is 0 Å². The van der Waals surface area contributed by atoms with Gasteiger partial charge in [-0.2, -0.15) is 0 Å². The average Bonchev–Trinajstić information content (AvgIpc) is 2.16. The molecule has 1 aromatic rings. The van der Waals surface area contributed by atoms with Crippen molar-refractivity contribution in [2.75, 3.05) is 6.54 Å². The summed E-state index contributed by atoms with van der Waals surface area (Å²) in [5, 5.41) is 8.65. The molecule has 1 aromatic carbocycles. The van der Waals surface area contributed by atoms with Crippen LogP contribution in [0.1, 0.15) is 5.56 Å². The zero-order chi connectivity index (χ0) is 10.6. The number of carboxylic acid groups (broad SMARTS) is 1. The zero-order valence-corrected chi connectivity index (χ0v) is 7.40. The summed E-state index contributed by atoms with van der Waals surface area (Å²) in [7, 11) is 0. The van der Waals surface area contributed by atoms with Crippen LogP contribution in [0.15, 0.2) is 29.8 Å². The molecule has 0 saturated carbocycles. The van der Waals surface area contributed by atoms with E-state index in [1.54, 1.807) is 6.07 Å². The topological polar surface area (TPSA) is 63.3 Å². The number of nitrogens with two attached hydrogens (primary N) is 1. The highest BCUT2D eigenvalue weighted by Gasteiger charge is 2.06. The van der Waals surface area contributed by atoms with Crippen LogP contribution >= 0.6 is 0 Å². The first-order chi connectivity index (χ1) is 6.65. The van der Waals surface area contributed by atoms with Crippen LogP contribution in [-0.2, 0) is 4.79 Å². The van der Waals surface area contributed by atoms with Gasteiger partial charge in [-0.3, -0.25) is 0 Å². The van der Waals surface area contributed by atoms with Crippen LogP contribution < -0.4 is 5.73 Å². The Morgan fingerprint density at radius 3 is 2.64 bits per heavy atom. The van der Waals surface area contributed by atoms with Gasteiger partial charge < -0.3 is 10.8 Å². The molecule has 0 aliphatic carbocycles. The highest BCUT2D eigenvalue weighted by molar-refractivity contribution is 5.92. The third-order valence-corrected chi connectivity index (χ3v) is 1.73. The van der Waals surface area contributed by atoms with Crippen molar-refractivity contribution < 1.29 is 14.3 Å². The largest absolute Gasteiger partial charge is 0.478 e. The average molecular weight is 195 g/mol. The van der Waals surface area contributed by atoms with Gasteiger partial charge in [0.05, 0.1) is 5.57 Å². The number of aliphatic carboxylic acids is 1. The minimum Gasteiger partial charge on any atom is -0.478 e. The van der Waals surface area contributed by atoms with Crippen molar-refractivity contribution >= 4 is 12.0 Å². The van der Waals surface area contributed by atoms with Crippen LogP contribution in [-0.4, -0.2) is 17.6 Å². The van der Waals surface area contributed by atoms with E-state index >= 15 is 0 Å². The second kappa shape index (κ2) is 4.53. The lowest BCUT2D eigenvalue weighted by molar-refractivity contribution is -0.132. The van der Waals surface area contributed by atoms with Gasteiger partial charge in [0, 0.05) is 12.1 Å². The van der Waals surface area contributed by atoms with E-state index in [0.29, 0.717) is 0 Å². The lowest BCUT2D eigenvalue weighted by Gasteiger charge is -1.99. The molecule has 0 spiro atoms. The molecule has 14 heavy (non-hydrogen) atoms. The highest BCUT2D eigenvalue weighted by Crippen LogP contribution is 2.10. The predicted molar refractivity (Wildman–Crippen MR) is 51.1 cm³/mol. The number of hydrogen-bond acceptors (Lipinski definition) is 2. The standard InChI is InChI=1S/C10H10FNO2/c11-9-4-2-1-3-7(9)5-8(6-12)10(13)14/h1-5H,6,12H2,(H,13,14)/b8-5-. The van der Waals surface area contributed by atoms with E-state index in [0.717, 1.165) is 0 Å². The Hall–Kier alpha value is -1.68. The number of benzene rings is 1. The molecule has 0 aliphatic heterocycles. The second-order valence-corrected chi connectivity index (χ2v) is 2.70. The number of carboxylic acids is 1. The van der Waals surface area contributed by atoms with E-state index < -0.39 is 11.8 Å². The van der Waals surface area contributed by atoms with Crippen LogP contribution in [0.5, 0.6) is 0 Å².